The smallest absolute Gasteiger partial charge is 0.219 e. The maximum absolute atomic E-state index is 8.92. The summed E-state index contributed by atoms with van der Waals surface area (Å²) in [4.78, 5) is 4.05. The van der Waals surface area contributed by atoms with Crippen molar-refractivity contribution in [3.05, 3.63) is 53.7 Å². The molecular weight excluding hydrogens is 230 g/mol. The lowest BCUT2D eigenvalue weighted by Crippen LogP contribution is -2.11. The van der Waals surface area contributed by atoms with Crippen molar-refractivity contribution in [2.75, 3.05) is 0 Å². The molecule has 0 saturated heterocycles. The Hall–Kier alpha value is -2.40. The fraction of sp³-hybridized carbons (Fsp3) is 0.0769. The SMILES string of the molecule is N=C(N)c1ccc(Oc2ccc(CO)cc2)nc1. The average Bonchev–Trinajstić information content (AvgIpc) is 2.40. The molecule has 0 amide bonds. The fourth-order valence-corrected chi connectivity index (χ4v) is 1.38. The second kappa shape index (κ2) is 5.29. The lowest BCUT2D eigenvalue weighted by Gasteiger charge is -2.05. The van der Waals surface area contributed by atoms with Crippen LogP contribution in [0.25, 0.3) is 0 Å². The molecule has 0 aliphatic heterocycles. The third kappa shape index (κ3) is 2.83. The molecule has 5 heteroatoms. The van der Waals surface area contributed by atoms with Crippen LogP contribution in [0.4, 0.5) is 0 Å². The number of pyridine rings is 1. The Morgan fingerprint density at radius 3 is 2.44 bits per heavy atom. The van der Waals surface area contributed by atoms with Gasteiger partial charge < -0.3 is 15.6 Å². The minimum Gasteiger partial charge on any atom is -0.439 e. The highest BCUT2D eigenvalue weighted by Crippen LogP contribution is 2.19. The van der Waals surface area contributed by atoms with E-state index in [0.717, 1.165) is 5.56 Å². The number of aliphatic hydroxyl groups is 1. The highest BCUT2D eigenvalue weighted by Gasteiger charge is 2.01. The number of nitrogens with one attached hydrogen (secondary N) is 1. The van der Waals surface area contributed by atoms with Crippen molar-refractivity contribution in [2.45, 2.75) is 6.61 Å². The van der Waals surface area contributed by atoms with Crippen LogP contribution < -0.4 is 10.5 Å². The van der Waals surface area contributed by atoms with Gasteiger partial charge in [-0.2, -0.15) is 0 Å². The van der Waals surface area contributed by atoms with Crippen LogP contribution >= 0.6 is 0 Å². The van der Waals surface area contributed by atoms with Gasteiger partial charge in [0.2, 0.25) is 5.88 Å². The maximum Gasteiger partial charge on any atom is 0.219 e. The van der Waals surface area contributed by atoms with Crippen molar-refractivity contribution in [1.82, 2.24) is 4.98 Å². The Bertz CT molecular complexity index is 535. The first-order valence-electron chi connectivity index (χ1n) is 5.37. The Balaban J connectivity index is 2.10. The molecule has 0 unspecified atom stereocenters. The van der Waals surface area contributed by atoms with Crippen molar-refractivity contribution < 1.29 is 9.84 Å². The summed E-state index contributed by atoms with van der Waals surface area (Å²) in [6, 6.07) is 10.4. The van der Waals surface area contributed by atoms with Crippen molar-refractivity contribution >= 4 is 5.84 Å². The summed E-state index contributed by atoms with van der Waals surface area (Å²) in [5, 5.41) is 16.2. The third-order valence-corrected chi connectivity index (χ3v) is 2.38. The Morgan fingerprint density at radius 1 is 1.22 bits per heavy atom. The first-order valence-corrected chi connectivity index (χ1v) is 5.37. The number of rotatable bonds is 4. The summed E-state index contributed by atoms with van der Waals surface area (Å²) in [7, 11) is 0. The number of nitrogens with zero attached hydrogens (tertiary/aromatic N) is 1. The summed E-state index contributed by atoms with van der Waals surface area (Å²) in [6.07, 6.45) is 1.49. The summed E-state index contributed by atoms with van der Waals surface area (Å²) >= 11 is 0. The van der Waals surface area contributed by atoms with Gasteiger partial charge in [0.25, 0.3) is 0 Å². The molecule has 0 fully saturated rings. The zero-order valence-electron chi connectivity index (χ0n) is 9.63. The monoisotopic (exact) mass is 243 g/mol. The quantitative estimate of drug-likeness (QED) is 0.562. The summed E-state index contributed by atoms with van der Waals surface area (Å²) in [6.45, 7) is 0.00579. The van der Waals surface area contributed by atoms with Crippen molar-refractivity contribution in [2.24, 2.45) is 5.73 Å². The van der Waals surface area contributed by atoms with E-state index in [1.165, 1.54) is 6.20 Å². The van der Waals surface area contributed by atoms with Gasteiger partial charge in [0.1, 0.15) is 11.6 Å². The van der Waals surface area contributed by atoms with Gasteiger partial charge in [-0.15, -0.1) is 0 Å². The van der Waals surface area contributed by atoms with Crippen LogP contribution in [0, 0.1) is 5.41 Å². The number of amidine groups is 1. The van der Waals surface area contributed by atoms with Crippen molar-refractivity contribution in [3.63, 3.8) is 0 Å². The maximum atomic E-state index is 8.92. The van der Waals surface area contributed by atoms with Gasteiger partial charge in [-0.05, 0) is 23.8 Å². The van der Waals surface area contributed by atoms with E-state index in [0.29, 0.717) is 17.2 Å². The Morgan fingerprint density at radius 2 is 1.94 bits per heavy atom. The molecule has 92 valence electrons. The van der Waals surface area contributed by atoms with Gasteiger partial charge in [-0.3, -0.25) is 5.41 Å². The number of ether oxygens (including phenoxy) is 1. The Kier molecular flexibility index (Phi) is 3.54. The van der Waals surface area contributed by atoms with Crippen molar-refractivity contribution in [3.8, 4) is 11.6 Å². The number of aromatic nitrogens is 1. The zero-order valence-corrected chi connectivity index (χ0v) is 9.63. The van der Waals surface area contributed by atoms with E-state index in [4.69, 9.17) is 21.0 Å². The van der Waals surface area contributed by atoms with Crippen LogP contribution in [0.15, 0.2) is 42.6 Å². The number of hydrogen-bond donors (Lipinski definition) is 3. The number of hydrogen-bond acceptors (Lipinski definition) is 4. The molecule has 0 aliphatic carbocycles. The molecule has 0 aliphatic rings. The van der Waals surface area contributed by atoms with E-state index < -0.39 is 0 Å². The van der Waals surface area contributed by atoms with Crippen LogP contribution in [-0.4, -0.2) is 15.9 Å². The molecule has 1 aromatic carbocycles. The minimum atomic E-state index is -0.0265. The number of nitrogens with two attached hydrogens (primary N) is 1. The molecule has 18 heavy (non-hydrogen) atoms. The van der Waals surface area contributed by atoms with E-state index in [-0.39, 0.29) is 12.4 Å². The van der Waals surface area contributed by atoms with E-state index in [9.17, 15) is 0 Å². The number of nitrogen functional groups attached to an aromatic ring is 1. The van der Waals surface area contributed by atoms with Gasteiger partial charge in [0.15, 0.2) is 0 Å². The van der Waals surface area contributed by atoms with E-state index in [2.05, 4.69) is 4.98 Å². The summed E-state index contributed by atoms with van der Waals surface area (Å²) in [5.41, 5.74) is 6.70. The highest BCUT2D eigenvalue weighted by atomic mass is 16.5. The molecular formula is C13H13N3O2. The Labute approximate surface area is 104 Å². The first-order chi connectivity index (χ1) is 8.69. The molecule has 5 nitrogen and oxygen atoms in total. The molecule has 2 aromatic rings. The second-order valence-electron chi connectivity index (χ2n) is 3.70. The van der Waals surface area contributed by atoms with Crippen LogP contribution in [0.2, 0.25) is 0 Å². The third-order valence-electron chi connectivity index (χ3n) is 2.38. The fourth-order valence-electron chi connectivity index (χ4n) is 1.38. The first kappa shape index (κ1) is 12.1. The van der Waals surface area contributed by atoms with Crippen LogP contribution in [0.3, 0.4) is 0 Å². The normalized spacial score (nSPS) is 10.1. The average molecular weight is 243 g/mol. The molecule has 0 atom stereocenters. The van der Waals surface area contributed by atoms with E-state index in [1.54, 1.807) is 36.4 Å². The molecule has 0 bridgehead atoms. The zero-order chi connectivity index (χ0) is 13.0. The lowest BCUT2D eigenvalue weighted by atomic mass is 10.2. The standard InChI is InChI=1S/C13H13N3O2/c14-13(15)10-3-6-12(16-7-10)18-11-4-1-9(8-17)2-5-11/h1-7,17H,8H2,(H3,14,15). The predicted molar refractivity (Wildman–Crippen MR) is 67.7 cm³/mol. The summed E-state index contributed by atoms with van der Waals surface area (Å²) in [5.74, 6) is 1.04. The van der Waals surface area contributed by atoms with Crippen LogP contribution in [0.5, 0.6) is 11.6 Å². The minimum absolute atomic E-state index is 0.00579. The lowest BCUT2D eigenvalue weighted by molar-refractivity contribution is 0.281. The number of benzene rings is 1. The van der Waals surface area contributed by atoms with Gasteiger partial charge in [0, 0.05) is 17.8 Å². The van der Waals surface area contributed by atoms with Crippen LogP contribution in [0.1, 0.15) is 11.1 Å². The summed E-state index contributed by atoms with van der Waals surface area (Å²) < 4.78 is 5.51. The molecule has 0 radical (unpaired) electrons. The van der Waals surface area contributed by atoms with E-state index in [1.807, 2.05) is 0 Å². The largest absolute Gasteiger partial charge is 0.439 e. The van der Waals surface area contributed by atoms with Gasteiger partial charge in [-0.1, -0.05) is 12.1 Å². The topological polar surface area (TPSA) is 92.2 Å². The molecule has 0 saturated carbocycles. The predicted octanol–water partition coefficient (Wildman–Crippen LogP) is 1.65. The molecule has 4 N–H and O–H groups in total. The number of aliphatic hydroxyl groups excluding tert-OH is 1. The molecule has 2 rings (SSSR count). The van der Waals surface area contributed by atoms with Crippen LogP contribution in [-0.2, 0) is 6.61 Å². The van der Waals surface area contributed by atoms with Crippen molar-refractivity contribution in [1.29, 1.82) is 5.41 Å². The molecule has 1 heterocycles. The van der Waals surface area contributed by atoms with Gasteiger partial charge in [0.05, 0.1) is 6.61 Å². The highest BCUT2D eigenvalue weighted by molar-refractivity contribution is 5.94. The second-order valence-corrected chi connectivity index (χ2v) is 3.70. The van der Waals surface area contributed by atoms with E-state index >= 15 is 0 Å². The van der Waals surface area contributed by atoms with Gasteiger partial charge >= 0.3 is 0 Å². The molecule has 1 aromatic heterocycles. The molecule has 0 spiro atoms. The van der Waals surface area contributed by atoms with Gasteiger partial charge in [-0.25, -0.2) is 4.98 Å².